The van der Waals surface area contributed by atoms with Gasteiger partial charge in [0.05, 0.1) is 24.4 Å². The lowest BCUT2D eigenvalue weighted by Crippen LogP contribution is -2.61. The Morgan fingerprint density at radius 3 is 2.67 bits per heavy atom. The van der Waals surface area contributed by atoms with Crippen LogP contribution in [0.3, 0.4) is 0 Å². The Labute approximate surface area is 196 Å². The van der Waals surface area contributed by atoms with Crippen molar-refractivity contribution < 1.29 is 19.0 Å². The van der Waals surface area contributed by atoms with Crippen molar-refractivity contribution in [1.29, 1.82) is 0 Å². The number of benzene rings is 1. The highest BCUT2D eigenvalue weighted by atomic mass is 16.5. The molecule has 0 bridgehead atoms. The fraction of sp³-hybridized carbons (Fsp3) is 0.538. The summed E-state index contributed by atoms with van der Waals surface area (Å²) in [5, 5.41) is 0. The molecule has 1 amide bonds. The van der Waals surface area contributed by atoms with Gasteiger partial charge in [-0.05, 0) is 69.5 Å². The van der Waals surface area contributed by atoms with Crippen LogP contribution in [0.4, 0.5) is 5.82 Å². The molecule has 7 heteroatoms. The number of anilines is 1. The fourth-order valence-electron chi connectivity index (χ4n) is 4.82. The number of aromatic nitrogens is 1. The van der Waals surface area contributed by atoms with E-state index < -0.39 is 0 Å². The van der Waals surface area contributed by atoms with Crippen LogP contribution in [-0.4, -0.2) is 73.5 Å². The molecule has 2 aromatic rings. The van der Waals surface area contributed by atoms with E-state index in [-0.39, 0.29) is 23.7 Å². The number of amides is 1. The van der Waals surface area contributed by atoms with Crippen molar-refractivity contribution in [2.75, 3.05) is 44.8 Å². The third kappa shape index (κ3) is 5.47. The largest absolute Gasteiger partial charge is 0.491 e. The molecule has 0 aliphatic carbocycles. The molecule has 7 nitrogen and oxygen atoms in total. The normalized spacial score (nSPS) is 20.3. The lowest BCUT2D eigenvalue weighted by atomic mass is 9.88. The molecule has 33 heavy (non-hydrogen) atoms. The zero-order chi connectivity index (χ0) is 23.4. The van der Waals surface area contributed by atoms with Gasteiger partial charge in [0.2, 0.25) is 0 Å². The Morgan fingerprint density at radius 2 is 2.03 bits per heavy atom. The van der Waals surface area contributed by atoms with E-state index in [0.29, 0.717) is 25.3 Å². The Kier molecular flexibility index (Phi) is 7.20. The summed E-state index contributed by atoms with van der Waals surface area (Å²) in [6.45, 7) is 9.38. The molecular formula is C26H35N3O4. The lowest BCUT2D eigenvalue weighted by molar-refractivity contribution is -0.145. The summed E-state index contributed by atoms with van der Waals surface area (Å²) in [6, 6.07) is 11.7. The standard InChI is InChI=1S/C26H35N3O4/c1-19(2)32-23-9-8-21(15-20(23)3)25(30)28-13-10-26(11-14-28)18-29(16-22(33-26)17-31-4)24-7-5-6-12-27-24/h5-9,12,15,19,22H,10-11,13-14,16-18H2,1-4H3. The maximum Gasteiger partial charge on any atom is 0.253 e. The van der Waals surface area contributed by atoms with Gasteiger partial charge in [0.15, 0.2) is 0 Å². The van der Waals surface area contributed by atoms with Gasteiger partial charge in [0, 0.05) is 45.0 Å². The summed E-state index contributed by atoms with van der Waals surface area (Å²) >= 11 is 0. The minimum atomic E-state index is -0.305. The van der Waals surface area contributed by atoms with Crippen molar-refractivity contribution in [3.05, 3.63) is 53.7 Å². The Bertz CT molecular complexity index is 942. The number of carbonyl (C=O) groups excluding carboxylic acids is 1. The molecule has 1 aromatic heterocycles. The molecule has 1 atom stereocenters. The fourth-order valence-corrected chi connectivity index (χ4v) is 4.82. The molecule has 1 unspecified atom stereocenters. The summed E-state index contributed by atoms with van der Waals surface area (Å²) in [5.74, 6) is 1.85. The van der Waals surface area contributed by atoms with Gasteiger partial charge < -0.3 is 24.0 Å². The molecule has 3 heterocycles. The topological polar surface area (TPSA) is 64.1 Å². The van der Waals surface area contributed by atoms with Crippen LogP contribution in [0.15, 0.2) is 42.6 Å². The first-order valence-electron chi connectivity index (χ1n) is 11.8. The second-order valence-corrected chi connectivity index (χ2v) is 9.39. The van der Waals surface area contributed by atoms with Crippen LogP contribution in [0.5, 0.6) is 5.75 Å². The molecule has 2 aliphatic rings. The molecule has 0 radical (unpaired) electrons. The highest BCUT2D eigenvalue weighted by molar-refractivity contribution is 5.94. The quantitative estimate of drug-likeness (QED) is 0.665. The van der Waals surface area contributed by atoms with Crippen molar-refractivity contribution in [2.45, 2.75) is 51.4 Å². The molecule has 4 rings (SSSR count). The number of rotatable bonds is 6. The van der Waals surface area contributed by atoms with Gasteiger partial charge in [-0.25, -0.2) is 4.98 Å². The third-order valence-corrected chi connectivity index (χ3v) is 6.39. The molecule has 1 aromatic carbocycles. The first kappa shape index (κ1) is 23.5. The lowest BCUT2D eigenvalue weighted by Gasteiger charge is -2.50. The van der Waals surface area contributed by atoms with Crippen LogP contribution in [0.25, 0.3) is 0 Å². The van der Waals surface area contributed by atoms with E-state index in [1.807, 2.05) is 68.3 Å². The first-order chi connectivity index (χ1) is 15.9. The van der Waals surface area contributed by atoms with Crippen molar-refractivity contribution in [1.82, 2.24) is 9.88 Å². The van der Waals surface area contributed by atoms with Gasteiger partial charge in [-0.2, -0.15) is 0 Å². The number of ether oxygens (including phenoxy) is 3. The van der Waals surface area contributed by atoms with Crippen molar-refractivity contribution in [2.24, 2.45) is 0 Å². The van der Waals surface area contributed by atoms with Crippen LogP contribution in [0, 0.1) is 6.92 Å². The molecule has 0 saturated carbocycles. The molecule has 0 N–H and O–H groups in total. The predicted molar refractivity (Wildman–Crippen MR) is 128 cm³/mol. The van der Waals surface area contributed by atoms with E-state index >= 15 is 0 Å². The molecule has 2 aliphatic heterocycles. The highest BCUT2D eigenvalue weighted by Crippen LogP contribution is 2.34. The maximum atomic E-state index is 13.2. The average molecular weight is 454 g/mol. The van der Waals surface area contributed by atoms with Crippen molar-refractivity contribution >= 4 is 11.7 Å². The smallest absolute Gasteiger partial charge is 0.253 e. The maximum absolute atomic E-state index is 13.2. The van der Waals surface area contributed by atoms with E-state index in [2.05, 4.69) is 9.88 Å². The van der Waals surface area contributed by atoms with Crippen LogP contribution in [0.2, 0.25) is 0 Å². The minimum absolute atomic E-state index is 0.0239. The number of carbonyl (C=O) groups is 1. The summed E-state index contributed by atoms with van der Waals surface area (Å²) in [7, 11) is 1.70. The van der Waals surface area contributed by atoms with E-state index in [4.69, 9.17) is 14.2 Å². The Balaban J connectivity index is 1.44. The van der Waals surface area contributed by atoms with Crippen LogP contribution >= 0.6 is 0 Å². The first-order valence-corrected chi connectivity index (χ1v) is 11.8. The second-order valence-electron chi connectivity index (χ2n) is 9.39. The van der Waals surface area contributed by atoms with E-state index in [0.717, 1.165) is 43.1 Å². The van der Waals surface area contributed by atoms with Crippen LogP contribution in [-0.2, 0) is 9.47 Å². The van der Waals surface area contributed by atoms with Gasteiger partial charge in [-0.1, -0.05) is 6.07 Å². The van der Waals surface area contributed by atoms with Gasteiger partial charge >= 0.3 is 0 Å². The predicted octanol–water partition coefficient (Wildman–Crippen LogP) is 3.70. The average Bonchev–Trinajstić information content (AvgIpc) is 2.81. The number of hydrogen-bond acceptors (Lipinski definition) is 6. The van der Waals surface area contributed by atoms with E-state index in [1.165, 1.54) is 0 Å². The number of aryl methyl sites for hydroxylation is 1. The number of piperidine rings is 1. The molecule has 178 valence electrons. The monoisotopic (exact) mass is 453 g/mol. The van der Waals surface area contributed by atoms with E-state index in [9.17, 15) is 4.79 Å². The van der Waals surface area contributed by atoms with Crippen molar-refractivity contribution in [3.63, 3.8) is 0 Å². The summed E-state index contributed by atoms with van der Waals surface area (Å²) < 4.78 is 17.8. The summed E-state index contributed by atoms with van der Waals surface area (Å²) in [6.07, 6.45) is 3.48. The number of methoxy groups -OCH3 is 1. The van der Waals surface area contributed by atoms with Crippen LogP contribution < -0.4 is 9.64 Å². The second kappa shape index (κ2) is 10.1. The van der Waals surface area contributed by atoms with E-state index in [1.54, 1.807) is 7.11 Å². The van der Waals surface area contributed by atoms with Gasteiger partial charge in [0.25, 0.3) is 5.91 Å². The SMILES string of the molecule is COCC1CN(c2ccccn2)CC2(CCN(C(=O)c3ccc(OC(C)C)c(C)c3)CC2)O1. The number of morpholine rings is 1. The Hall–Kier alpha value is -2.64. The molecular weight excluding hydrogens is 418 g/mol. The van der Waals surface area contributed by atoms with Gasteiger partial charge in [0.1, 0.15) is 11.6 Å². The number of nitrogens with zero attached hydrogens (tertiary/aromatic N) is 3. The number of pyridine rings is 1. The number of likely N-dealkylation sites (tertiary alicyclic amines) is 1. The van der Waals surface area contributed by atoms with Crippen LogP contribution in [0.1, 0.15) is 42.6 Å². The van der Waals surface area contributed by atoms with Gasteiger partial charge in [-0.15, -0.1) is 0 Å². The number of hydrogen-bond donors (Lipinski definition) is 0. The third-order valence-electron chi connectivity index (χ3n) is 6.39. The zero-order valence-corrected chi connectivity index (χ0v) is 20.1. The molecule has 2 fully saturated rings. The Morgan fingerprint density at radius 1 is 1.24 bits per heavy atom. The minimum Gasteiger partial charge on any atom is -0.491 e. The highest BCUT2D eigenvalue weighted by Gasteiger charge is 2.44. The van der Waals surface area contributed by atoms with Gasteiger partial charge in [-0.3, -0.25) is 4.79 Å². The molecule has 1 spiro atoms. The summed E-state index contributed by atoms with van der Waals surface area (Å²) in [5.41, 5.74) is 1.38. The zero-order valence-electron chi connectivity index (χ0n) is 20.1. The molecule has 2 saturated heterocycles. The van der Waals surface area contributed by atoms with Crippen molar-refractivity contribution in [3.8, 4) is 5.75 Å². The summed E-state index contributed by atoms with van der Waals surface area (Å²) in [4.78, 5) is 22.0.